The second kappa shape index (κ2) is 13.9. The molecule has 0 bridgehead atoms. The maximum Gasteiger partial charge on any atom is 0.333 e. The van der Waals surface area contributed by atoms with E-state index in [4.69, 9.17) is 18.9 Å². The second-order valence-electron chi connectivity index (χ2n) is 8.31. The minimum atomic E-state index is -1.47. The number of carbonyl (C=O) groups excluding carboxylic acids is 4. The van der Waals surface area contributed by atoms with Crippen LogP contribution in [0.2, 0.25) is 0 Å². The summed E-state index contributed by atoms with van der Waals surface area (Å²) in [7, 11) is 0. The lowest BCUT2D eigenvalue weighted by Gasteiger charge is -2.12. The van der Waals surface area contributed by atoms with Crippen molar-refractivity contribution in [1.29, 1.82) is 0 Å². The van der Waals surface area contributed by atoms with Gasteiger partial charge in [-0.25, -0.2) is 0 Å². The molecular weight excluding hydrogens is 416 g/mol. The number of hydrogen-bond donors (Lipinski definition) is 0. The van der Waals surface area contributed by atoms with E-state index in [1.54, 1.807) is 0 Å². The summed E-state index contributed by atoms with van der Waals surface area (Å²) in [6, 6.07) is 0. The average molecular weight is 453 g/mol. The van der Waals surface area contributed by atoms with Crippen LogP contribution in [-0.4, -0.2) is 37.1 Å². The van der Waals surface area contributed by atoms with E-state index >= 15 is 0 Å². The highest BCUT2D eigenvalue weighted by molar-refractivity contribution is 6.07. The van der Waals surface area contributed by atoms with Crippen molar-refractivity contribution >= 4 is 23.9 Å². The van der Waals surface area contributed by atoms with Crippen molar-refractivity contribution < 1.29 is 38.1 Å². The first-order valence-electron chi connectivity index (χ1n) is 12.0. The number of ether oxygens (including phenoxy) is 4. The second-order valence-corrected chi connectivity index (χ2v) is 8.31. The zero-order valence-electron chi connectivity index (χ0n) is 19.3. The van der Waals surface area contributed by atoms with Crippen molar-refractivity contribution in [3.05, 3.63) is 11.5 Å². The van der Waals surface area contributed by atoms with Crippen LogP contribution in [0.1, 0.15) is 90.9 Å². The van der Waals surface area contributed by atoms with Gasteiger partial charge in [-0.1, -0.05) is 78.1 Å². The molecule has 0 saturated carbocycles. The molecule has 8 nitrogen and oxygen atoms in total. The Labute approximate surface area is 190 Å². The van der Waals surface area contributed by atoms with Gasteiger partial charge in [0.2, 0.25) is 11.8 Å². The van der Waals surface area contributed by atoms with Crippen molar-refractivity contribution in [3.63, 3.8) is 0 Å². The number of esters is 4. The van der Waals surface area contributed by atoms with Gasteiger partial charge < -0.3 is 18.9 Å². The zero-order valence-corrected chi connectivity index (χ0v) is 19.3. The van der Waals surface area contributed by atoms with Gasteiger partial charge in [-0.15, -0.1) is 0 Å². The molecule has 180 valence electrons. The van der Waals surface area contributed by atoms with Crippen LogP contribution in [0.4, 0.5) is 0 Å². The van der Waals surface area contributed by atoms with Gasteiger partial charge in [0.1, 0.15) is 0 Å². The lowest BCUT2D eigenvalue weighted by Crippen LogP contribution is -2.30. The molecule has 0 radical (unpaired) electrons. The van der Waals surface area contributed by atoms with E-state index < -0.39 is 35.7 Å². The summed E-state index contributed by atoms with van der Waals surface area (Å²) in [6.07, 6.45) is 12.3. The average Bonchev–Trinajstić information content (AvgIpc) is 3.24. The highest BCUT2D eigenvalue weighted by atomic mass is 16.6. The van der Waals surface area contributed by atoms with Gasteiger partial charge in [0.05, 0.1) is 13.2 Å². The molecule has 8 heteroatoms. The molecule has 2 atom stereocenters. The topological polar surface area (TPSA) is 105 Å². The number of carbonyl (C=O) groups is 4. The molecule has 2 rings (SSSR count). The van der Waals surface area contributed by atoms with E-state index in [-0.39, 0.29) is 24.7 Å². The zero-order chi connectivity index (χ0) is 23.3. The van der Waals surface area contributed by atoms with Gasteiger partial charge in [0, 0.05) is 0 Å². The first-order valence-corrected chi connectivity index (χ1v) is 12.0. The highest BCUT2D eigenvalue weighted by Crippen LogP contribution is 2.40. The fraction of sp³-hybridized carbons (Fsp3) is 0.750. The van der Waals surface area contributed by atoms with Gasteiger partial charge in [-0.05, 0) is 12.8 Å². The Morgan fingerprint density at radius 1 is 0.625 bits per heavy atom. The van der Waals surface area contributed by atoms with Crippen LogP contribution < -0.4 is 0 Å². The fourth-order valence-corrected chi connectivity index (χ4v) is 3.74. The predicted octanol–water partition coefficient (Wildman–Crippen LogP) is 4.35. The minimum absolute atomic E-state index is 0.176. The summed E-state index contributed by atoms with van der Waals surface area (Å²) < 4.78 is 20.5. The van der Waals surface area contributed by atoms with E-state index in [0.29, 0.717) is 12.8 Å². The van der Waals surface area contributed by atoms with Crippen molar-refractivity contribution in [1.82, 2.24) is 0 Å². The Hall–Kier alpha value is -2.38. The Morgan fingerprint density at radius 3 is 1.34 bits per heavy atom. The van der Waals surface area contributed by atoms with Crippen LogP contribution in [0.5, 0.6) is 0 Å². The van der Waals surface area contributed by atoms with Crippen molar-refractivity contribution in [2.45, 2.75) is 90.9 Å². The molecule has 2 unspecified atom stereocenters. The van der Waals surface area contributed by atoms with Crippen molar-refractivity contribution in [3.8, 4) is 0 Å². The summed E-state index contributed by atoms with van der Waals surface area (Å²) in [5, 5.41) is 0. The molecule has 32 heavy (non-hydrogen) atoms. The van der Waals surface area contributed by atoms with E-state index in [0.717, 1.165) is 51.4 Å². The first-order chi connectivity index (χ1) is 15.5. The smallest absolute Gasteiger partial charge is 0.333 e. The molecule has 0 amide bonds. The predicted molar refractivity (Wildman–Crippen MR) is 115 cm³/mol. The van der Waals surface area contributed by atoms with Gasteiger partial charge >= 0.3 is 23.9 Å². The Bertz CT molecular complexity index is 638. The van der Waals surface area contributed by atoms with Crippen molar-refractivity contribution in [2.75, 3.05) is 13.2 Å². The summed E-state index contributed by atoms with van der Waals surface area (Å²) >= 11 is 0. The minimum Gasteiger partial charge on any atom is -0.465 e. The van der Waals surface area contributed by atoms with Gasteiger partial charge in [0.25, 0.3) is 0 Å². The van der Waals surface area contributed by atoms with E-state index in [9.17, 15) is 19.2 Å². The fourth-order valence-electron chi connectivity index (χ4n) is 3.74. The van der Waals surface area contributed by atoms with Crippen LogP contribution in [0.15, 0.2) is 11.5 Å². The summed E-state index contributed by atoms with van der Waals surface area (Å²) in [5.74, 6) is -6.88. The Morgan fingerprint density at radius 2 is 0.969 bits per heavy atom. The van der Waals surface area contributed by atoms with E-state index in [1.807, 2.05) is 0 Å². The molecular formula is C24H36O8. The third-order valence-electron chi connectivity index (χ3n) is 5.62. The summed E-state index contributed by atoms with van der Waals surface area (Å²) in [4.78, 5) is 49.1. The Kier molecular flexibility index (Phi) is 11.2. The van der Waals surface area contributed by atoms with Crippen LogP contribution >= 0.6 is 0 Å². The van der Waals surface area contributed by atoms with Crippen LogP contribution in [0.3, 0.4) is 0 Å². The van der Waals surface area contributed by atoms with Gasteiger partial charge in [-0.3, -0.25) is 19.2 Å². The number of unbranched alkanes of at least 4 members (excludes halogenated alkanes) is 10. The molecule has 0 aromatic heterocycles. The first kappa shape index (κ1) is 25.9. The molecule has 0 saturated heterocycles. The van der Waals surface area contributed by atoms with Gasteiger partial charge in [0.15, 0.2) is 11.5 Å². The van der Waals surface area contributed by atoms with Crippen LogP contribution in [0.25, 0.3) is 0 Å². The molecule has 0 fully saturated rings. The summed E-state index contributed by atoms with van der Waals surface area (Å²) in [5.41, 5.74) is 0. The number of rotatable bonds is 16. The lowest BCUT2D eigenvalue weighted by atomic mass is 10.1. The normalized spacial score (nSPS) is 19.6. The van der Waals surface area contributed by atoms with E-state index in [2.05, 4.69) is 13.8 Å². The van der Waals surface area contributed by atoms with Gasteiger partial charge in [-0.2, -0.15) is 0 Å². The van der Waals surface area contributed by atoms with Crippen LogP contribution in [0, 0.1) is 11.8 Å². The largest absolute Gasteiger partial charge is 0.465 e. The quantitative estimate of drug-likeness (QED) is 0.147. The molecule has 0 aliphatic carbocycles. The number of hydrogen-bond acceptors (Lipinski definition) is 8. The molecule has 0 N–H and O–H groups in total. The molecule has 2 aliphatic heterocycles. The SMILES string of the molecule is CCCCCCCCOC(=O)C1C(=O)OC2=C1OC(=O)C2C(=O)OCCCCCCCC. The molecule has 0 spiro atoms. The molecule has 0 aromatic rings. The maximum absolute atomic E-state index is 12.4. The monoisotopic (exact) mass is 452 g/mol. The third-order valence-corrected chi connectivity index (χ3v) is 5.62. The molecule has 0 aromatic carbocycles. The highest BCUT2D eigenvalue weighted by Gasteiger charge is 2.56. The van der Waals surface area contributed by atoms with Crippen molar-refractivity contribution in [2.24, 2.45) is 11.8 Å². The third kappa shape index (κ3) is 7.35. The molecule has 2 heterocycles. The standard InChI is InChI=1S/C24H36O8/c1-3-5-7-9-11-13-15-29-21(25)17-19-20(32-23(17)27)18(24(28)31-19)22(26)30-16-14-12-10-8-6-4-2/h17-18H,3-16H2,1-2H3. The van der Waals surface area contributed by atoms with Crippen LogP contribution in [-0.2, 0) is 38.1 Å². The lowest BCUT2D eigenvalue weighted by molar-refractivity contribution is -0.162. The maximum atomic E-state index is 12.4. The molecule has 2 aliphatic rings. The summed E-state index contributed by atoms with van der Waals surface area (Å²) in [6.45, 7) is 4.63. The van der Waals surface area contributed by atoms with E-state index in [1.165, 1.54) is 12.8 Å². The Balaban J connectivity index is 1.80.